The summed E-state index contributed by atoms with van der Waals surface area (Å²) >= 11 is 0. The predicted molar refractivity (Wildman–Crippen MR) is 108 cm³/mol. The Balaban J connectivity index is 1.45. The Morgan fingerprint density at radius 3 is 2.58 bits per heavy atom. The lowest BCUT2D eigenvalue weighted by molar-refractivity contribution is 0.184. The minimum atomic E-state index is 0.0200. The molecule has 1 aromatic rings. The van der Waals surface area contributed by atoms with E-state index in [1.807, 2.05) is 7.05 Å². The molecule has 0 aliphatic carbocycles. The summed E-state index contributed by atoms with van der Waals surface area (Å²) < 4.78 is 0. The summed E-state index contributed by atoms with van der Waals surface area (Å²) in [7, 11) is 1.89. The van der Waals surface area contributed by atoms with Gasteiger partial charge in [-0.15, -0.1) is 0 Å². The van der Waals surface area contributed by atoms with E-state index in [9.17, 15) is 4.79 Å². The van der Waals surface area contributed by atoms with Crippen LogP contribution in [0.25, 0.3) is 0 Å². The van der Waals surface area contributed by atoms with Gasteiger partial charge in [0, 0.05) is 45.5 Å². The fourth-order valence-electron chi connectivity index (χ4n) is 3.98. The van der Waals surface area contributed by atoms with Gasteiger partial charge in [0.05, 0.1) is 0 Å². The zero-order chi connectivity index (χ0) is 18.4. The first-order valence-electron chi connectivity index (χ1n) is 10.2. The standard InChI is InChI=1S/C21H34N4O/c1-18-9-14-24(15-10-18)16-11-22-21(26)23(2)17-19-7-3-4-8-20(19)25-12-5-6-13-25/h3-4,7-8,18H,5-6,9-17H2,1-2H3,(H,22,26). The van der Waals surface area contributed by atoms with Crippen LogP contribution in [0.2, 0.25) is 0 Å². The largest absolute Gasteiger partial charge is 0.371 e. The van der Waals surface area contributed by atoms with Crippen LogP contribution < -0.4 is 10.2 Å². The lowest BCUT2D eigenvalue weighted by Gasteiger charge is -2.30. The Morgan fingerprint density at radius 2 is 1.85 bits per heavy atom. The number of nitrogens with zero attached hydrogens (tertiary/aromatic N) is 3. The number of hydrogen-bond donors (Lipinski definition) is 1. The second-order valence-electron chi connectivity index (χ2n) is 7.94. The molecule has 0 spiro atoms. The molecule has 26 heavy (non-hydrogen) atoms. The molecule has 0 aromatic heterocycles. The average molecular weight is 359 g/mol. The van der Waals surface area contributed by atoms with Gasteiger partial charge in [0.1, 0.15) is 0 Å². The SMILES string of the molecule is CC1CCN(CCNC(=O)N(C)Cc2ccccc2N2CCCC2)CC1. The van der Waals surface area contributed by atoms with Crippen molar-refractivity contribution in [3.8, 4) is 0 Å². The van der Waals surface area contributed by atoms with Crippen molar-refractivity contribution >= 4 is 11.7 Å². The summed E-state index contributed by atoms with van der Waals surface area (Å²) in [6, 6.07) is 8.51. The third kappa shape index (κ3) is 5.13. The second kappa shape index (κ2) is 9.26. The van der Waals surface area contributed by atoms with Gasteiger partial charge in [0.15, 0.2) is 0 Å². The fraction of sp³-hybridized carbons (Fsp3) is 0.667. The van der Waals surface area contributed by atoms with E-state index in [0.717, 1.165) is 45.2 Å². The van der Waals surface area contributed by atoms with Crippen LogP contribution in [0.4, 0.5) is 10.5 Å². The van der Waals surface area contributed by atoms with Gasteiger partial charge in [-0.2, -0.15) is 0 Å². The Hall–Kier alpha value is -1.75. The lowest BCUT2D eigenvalue weighted by Crippen LogP contribution is -2.43. The maximum Gasteiger partial charge on any atom is 0.317 e. The Bertz CT molecular complexity index is 577. The van der Waals surface area contributed by atoms with Crippen molar-refractivity contribution in [3.05, 3.63) is 29.8 Å². The summed E-state index contributed by atoms with van der Waals surface area (Å²) in [6.45, 7) is 9.24. The summed E-state index contributed by atoms with van der Waals surface area (Å²) in [5.41, 5.74) is 2.52. The fourth-order valence-corrected chi connectivity index (χ4v) is 3.98. The average Bonchev–Trinajstić information content (AvgIpc) is 3.18. The molecular weight excluding hydrogens is 324 g/mol. The van der Waals surface area contributed by atoms with E-state index in [4.69, 9.17) is 0 Å². The number of amides is 2. The highest BCUT2D eigenvalue weighted by molar-refractivity contribution is 5.74. The maximum atomic E-state index is 12.5. The molecule has 0 saturated carbocycles. The molecule has 0 bridgehead atoms. The first-order chi connectivity index (χ1) is 12.6. The Kier molecular flexibility index (Phi) is 6.78. The van der Waals surface area contributed by atoms with E-state index in [2.05, 4.69) is 46.3 Å². The quantitative estimate of drug-likeness (QED) is 0.849. The molecule has 2 aliphatic heterocycles. The van der Waals surface area contributed by atoms with Crippen LogP contribution in [0.15, 0.2) is 24.3 Å². The molecule has 3 rings (SSSR count). The van der Waals surface area contributed by atoms with Crippen molar-refractivity contribution in [2.24, 2.45) is 5.92 Å². The number of likely N-dealkylation sites (tertiary alicyclic amines) is 1. The van der Waals surface area contributed by atoms with Crippen LogP contribution in [0.3, 0.4) is 0 Å². The lowest BCUT2D eigenvalue weighted by atomic mass is 9.99. The number of carbonyl (C=O) groups excluding carboxylic acids is 1. The zero-order valence-corrected chi connectivity index (χ0v) is 16.4. The van der Waals surface area contributed by atoms with Gasteiger partial charge in [-0.1, -0.05) is 25.1 Å². The number of rotatable bonds is 6. The Morgan fingerprint density at radius 1 is 1.15 bits per heavy atom. The molecule has 2 amide bonds. The summed E-state index contributed by atoms with van der Waals surface area (Å²) in [6.07, 6.45) is 5.09. The van der Waals surface area contributed by atoms with Crippen LogP contribution >= 0.6 is 0 Å². The summed E-state index contributed by atoms with van der Waals surface area (Å²) in [5, 5.41) is 3.08. The second-order valence-corrected chi connectivity index (χ2v) is 7.94. The van der Waals surface area contributed by atoms with Crippen molar-refractivity contribution in [3.63, 3.8) is 0 Å². The van der Waals surface area contributed by atoms with Gasteiger partial charge in [0.2, 0.25) is 0 Å². The molecule has 2 aliphatic rings. The molecule has 2 saturated heterocycles. The third-order valence-electron chi connectivity index (χ3n) is 5.77. The van der Waals surface area contributed by atoms with E-state index in [1.165, 1.54) is 36.9 Å². The van der Waals surface area contributed by atoms with Crippen molar-refractivity contribution in [1.82, 2.24) is 15.1 Å². The van der Waals surface area contributed by atoms with E-state index >= 15 is 0 Å². The topological polar surface area (TPSA) is 38.8 Å². The highest BCUT2D eigenvalue weighted by atomic mass is 16.2. The first-order valence-corrected chi connectivity index (χ1v) is 10.2. The van der Waals surface area contributed by atoms with Crippen molar-refractivity contribution in [2.45, 2.75) is 39.2 Å². The molecule has 144 valence electrons. The van der Waals surface area contributed by atoms with Gasteiger partial charge < -0.3 is 20.0 Å². The number of hydrogen-bond acceptors (Lipinski definition) is 3. The van der Waals surface area contributed by atoms with Crippen LogP contribution in [0, 0.1) is 5.92 Å². The van der Waals surface area contributed by atoms with E-state index in [-0.39, 0.29) is 6.03 Å². The van der Waals surface area contributed by atoms with Crippen LogP contribution in [-0.4, -0.2) is 62.1 Å². The molecule has 2 heterocycles. The summed E-state index contributed by atoms with van der Waals surface area (Å²) in [5.74, 6) is 0.850. The third-order valence-corrected chi connectivity index (χ3v) is 5.77. The normalized spacial score (nSPS) is 18.9. The molecule has 0 atom stereocenters. The number of benzene rings is 1. The number of para-hydroxylation sites is 1. The molecule has 0 unspecified atom stereocenters. The number of urea groups is 1. The summed E-state index contributed by atoms with van der Waals surface area (Å²) in [4.78, 5) is 19.2. The van der Waals surface area contributed by atoms with Gasteiger partial charge in [-0.05, 0) is 56.3 Å². The zero-order valence-electron chi connectivity index (χ0n) is 16.4. The smallest absolute Gasteiger partial charge is 0.317 e. The van der Waals surface area contributed by atoms with Gasteiger partial charge in [-0.25, -0.2) is 4.79 Å². The monoisotopic (exact) mass is 358 g/mol. The molecule has 5 nitrogen and oxygen atoms in total. The molecule has 2 fully saturated rings. The van der Waals surface area contributed by atoms with Gasteiger partial charge in [-0.3, -0.25) is 0 Å². The van der Waals surface area contributed by atoms with Crippen LogP contribution in [0.1, 0.15) is 38.2 Å². The van der Waals surface area contributed by atoms with Crippen LogP contribution in [0.5, 0.6) is 0 Å². The van der Waals surface area contributed by atoms with Crippen molar-refractivity contribution in [2.75, 3.05) is 51.2 Å². The van der Waals surface area contributed by atoms with Crippen molar-refractivity contribution < 1.29 is 4.79 Å². The van der Waals surface area contributed by atoms with Crippen molar-refractivity contribution in [1.29, 1.82) is 0 Å². The van der Waals surface area contributed by atoms with Crippen LogP contribution in [-0.2, 0) is 6.54 Å². The first kappa shape index (κ1) is 19.0. The van der Waals surface area contributed by atoms with E-state index in [1.54, 1.807) is 4.90 Å². The maximum absolute atomic E-state index is 12.5. The number of anilines is 1. The predicted octanol–water partition coefficient (Wildman–Crippen LogP) is 3.16. The number of carbonyl (C=O) groups is 1. The minimum Gasteiger partial charge on any atom is -0.371 e. The van der Waals surface area contributed by atoms with E-state index < -0.39 is 0 Å². The minimum absolute atomic E-state index is 0.0200. The number of piperidine rings is 1. The molecule has 1 aromatic carbocycles. The highest BCUT2D eigenvalue weighted by Gasteiger charge is 2.18. The molecule has 0 radical (unpaired) electrons. The highest BCUT2D eigenvalue weighted by Crippen LogP contribution is 2.25. The molecule has 5 heteroatoms. The van der Waals surface area contributed by atoms with Gasteiger partial charge >= 0.3 is 6.03 Å². The Labute approximate surface area is 158 Å². The van der Waals surface area contributed by atoms with E-state index in [0.29, 0.717) is 6.54 Å². The molecular formula is C21H34N4O. The number of nitrogens with one attached hydrogen (secondary N) is 1. The van der Waals surface area contributed by atoms with Gasteiger partial charge in [0.25, 0.3) is 0 Å². The molecule has 1 N–H and O–H groups in total.